The molecule has 0 aliphatic carbocycles. The van der Waals surface area contributed by atoms with Gasteiger partial charge < -0.3 is 5.73 Å². The van der Waals surface area contributed by atoms with Gasteiger partial charge in [-0.2, -0.15) is 9.78 Å². The summed E-state index contributed by atoms with van der Waals surface area (Å²) >= 11 is 0. The summed E-state index contributed by atoms with van der Waals surface area (Å²) in [7, 11) is 0. The first-order valence-electron chi connectivity index (χ1n) is 4.02. The fourth-order valence-electron chi connectivity index (χ4n) is 1.10. The molecule has 0 bridgehead atoms. The Bertz CT molecular complexity index is 492. The molecule has 0 fully saturated rings. The van der Waals surface area contributed by atoms with Crippen molar-refractivity contribution in [2.24, 2.45) is 0 Å². The minimum Gasteiger partial charge on any atom is -0.397 e. The lowest BCUT2D eigenvalue weighted by Gasteiger charge is -2.02. The summed E-state index contributed by atoms with van der Waals surface area (Å²) in [6.45, 7) is 0. The van der Waals surface area contributed by atoms with Gasteiger partial charge in [0.2, 0.25) is 0 Å². The number of nitrogens with zero attached hydrogens (tertiary/aromatic N) is 3. The summed E-state index contributed by atoms with van der Waals surface area (Å²) in [5.41, 5.74) is 6.20. The van der Waals surface area contributed by atoms with Crippen LogP contribution in [0.4, 0.5) is 5.69 Å². The number of nitrogen functional groups attached to an aromatic ring is 1. The summed E-state index contributed by atoms with van der Waals surface area (Å²) in [5.74, 6) is 0. The van der Waals surface area contributed by atoms with E-state index in [1.54, 1.807) is 24.5 Å². The van der Waals surface area contributed by atoms with E-state index in [1.807, 2.05) is 0 Å². The van der Waals surface area contributed by atoms with Gasteiger partial charge in [0.1, 0.15) is 0 Å². The summed E-state index contributed by atoms with van der Waals surface area (Å²) in [4.78, 5) is 15.3. The Hall–Kier alpha value is -2.17. The van der Waals surface area contributed by atoms with E-state index >= 15 is 0 Å². The molecule has 0 spiro atoms. The smallest absolute Gasteiger partial charge is 0.273 e. The Labute approximate surface area is 79.8 Å². The van der Waals surface area contributed by atoms with Gasteiger partial charge in [-0.3, -0.25) is 9.78 Å². The average Bonchev–Trinajstić information content (AvgIpc) is 2.19. The van der Waals surface area contributed by atoms with Gasteiger partial charge in [0.05, 0.1) is 17.6 Å². The standard InChI is InChI=1S/C9H8N4O/c10-7-5-9(14)13(12-6-7)8-1-3-11-4-2-8/h1-6H,10H2. The number of hydrogen-bond donors (Lipinski definition) is 1. The molecule has 0 radical (unpaired) electrons. The molecule has 0 unspecified atom stereocenters. The Morgan fingerprint density at radius 2 is 2.00 bits per heavy atom. The molecule has 70 valence electrons. The molecule has 0 saturated heterocycles. The SMILES string of the molecule is Nc1cnn(-c2ccncc2)c(=O)c1. The van der Waals surface area contributed by atoms with Crippen LogP contribution in [-0.2, 0) is 0 Å². The lowest BCUT2D eigenvalue weighted by atomic mass is 10.4. The fraction of sp³-hybridized carbons (Fsp3) is 0. The van der Waals surface area contributed by atoms with E-state index in [1.165, 1.54) is 16.9 Å². The summed E-state index contributed by atoms with van der Waals surface area (Å²) in [5, 5.41) is 3.90. The molecule has 2 N–H and O–H groups in total. The van der Waals surface area contributed by atoms with Gasteiger partial charge in [-0.1, -0.05) is 0 Å². The van der Waals surface area contributed by atoms with E-state index in [2.05, 4.69) is 10.1 Å². The van der Waals surface area contributed by atoms with Crippen LogP contribution in [0.1, 0.15) is 0 Å². The minimum absolute atomic E-state index is 0.254. The van der Waals surface area contributed by atoms with Crippen molar-refractivity contribution in [2.45, 2.75) is 0 Å². The number of rotatable bonds is 1. The fourth-order valence-corrected chi connectivity index (χ4v) is 1.10. The zero-order valence-electron chi connectivity index (χ0n) is 7.29. The van der Waals surface area contributed by atoms with E-state index in [-0.39, 0.29) is 5.56 Å². The van der Waals surface area contributed by atoms with Gasteiger partial charge in [0.25, 0.3) is 5.56 Å². The molecule has 2 aromatic heterocycles. The zero-order valence-corrected chi connectivity index (χ0v) is 7.29. The molecule has 2 rings (SSSR count). The maximum absolute atomic E-state index is 11.4. The molecular weight excluding hydrogens is 180 g/mol. The molecule has 5 heteroatoms. The van der Waals surface area contributed by atoms with Crippen LogP contribution >= 0.6 is 0 Å². The van der Waals surface area contributed by atoms with E-state index in [4.69, 9.17) is 5.73 Å². The molecule has 0 saturated carbocycles. The van der Waals surface area contributed by atoms with Crippen LogP contribution in [0, 0.1) is 0 Å². The molecule has 14 heavy (non-hydrogen) atoms. The van der Waals surface area contributed by atoms with Gasteiger partial charge >= 0.3 is 0 Å². The number of pyridine rings is 1. The minimum atomic E-state index is -0.254. The molecular formula is C9H8N4O. The second kappa shape index (κ2) is 3.29. The van der Waals surface area contributed by atoms with Crippen molar-refractivity contribution < 1.29 is 0 Å². The molecule has 0 atom stereocenters. The van der Waals surface area contributed by atoms with Crippen LogP contribution in [-0.4, -0.2) is 14.8 Å². The van der Waals surface area contributed by atoms with Crippen molar-refractivity contribution in [1.82, 2.24) is 14.8 Å². The number of hydrogen-bond acceptors (Lipinski definition) is 4. The first kappa shape index (κ1) is 8.43. The number of nitrogens with two attached hydrogens (primary N) is 1. The molecule has 2 heterocycles. The average molecular weight is 188 g/mol. The molecule has 5 nitrogen and oxygen atoms in total. The predicted octanol–water partition coefficient (Wildman–Crippen LogP) is 0.210. The highest BCUT2D eigenvalue weighted by molar-refractivity contribution is 5.34. The molecule has 0 aromatic carbocycles. The van der Waals surface area contributed by atoms with Crippen LogP contribution < -0.4 is 11.3 Å². The molecule has 0 aliphatic heterocycles. The quantitative estimate of drug-likeness (QED) is 0.694. The van der Waals surface area contributed by atoms with Gasteiger partial charge in [-0.05, 0) is 12.1 Å². The van der Waals surface area contributed by atoms with E-state index < -0.39 is 0 Å². The van der Waals surface area contributed by atoms with Crippen molar-refractivity contribution >= 4 is 5.69 Å². The monoisotopic (exact) mass is 188 g/mol. The summed E-state index contributed by atoms with van der Waals surface area (Å²) in [6, 6.07) is 4.72. The van der Waals surface area contributed by atoms with Crippen LogP contribution in [0.25, 0.3) is 5.69 Å². The first-order valence-corrected chi connectivity index (χ1v) is 4.02. The third kappa shape index (κ3) is 1.47. The van der Waals surface area contributed by atoms with Gasteiger partial charge in [-0.15, -0.1) is 0 Å². The van der Waals surface area contributed by atoms with Crippen molar-refractivity contribution in [2.75, 3.05) is 5.73 Å². The van der Waals surface area contributed by atoms with Gasteiger partial charge in [0.15, 0.2) is 0 Å². The Balaban J connectivity index is 2.59. The van der Waals surface area contributed by atoms with E-state index in [0.29, 0.717) is 11.4 Å². The second-order valence-corrected chi connectivity index (χ2v) is 2.74. The highest BCUT2D eigenvalue weighted by Crippen LogP contribution is 2.00. The molecule has 2 aromatic rings. The normalized spacial score (nSPS) is 10.0. The highest BCUT2D eigenvalue weighted by atomic mass is 16.1. The van der Waals surface area contributed by atoms with Crippen molar-refractivity contribution in [3.8, 4) is 5.69 Å². The maximum atomic E-state index is 11.4. The zero-order chi connectivity index (χ0) is 9.97. The number of anilines is 1. The first-order chi connectivity index (χ1) is 6.77. The highest BCUT2D eigenvalue weighted by Gasteiger charge is 1.99. The maximum Gasteiger partial charge on any atom is 0.273 e. The van der Waals surface area contributed by atoms with E-state index in [0.717, 1.165) is 0 Å². The predicted molar refractivity (Wildman–Crippen MR) is 52.0 cm³/mol. The third-order valence-corrected chi connectivity index (χ3v) is 1.73. The Kier molecular flexibility index (Phi) is 1.98. The largest absolute Gasteiger partial charge is 0.397 e. The topological polar surface area (TPSA) is 73.8 Å². The Morgan fingerprint density at radius 1 is 1.29 bits per heavy atom. The van der Waals surface area contributed by atoms with Crippen LogP contribution in [0.15, 0.2) is 41.6 Å². The summed E-state index contributed by atoms with van der Waals surface area (Å²) in [6.07, 6.45) is 4.63. The van der Waals surface area contributed by atoms with Crippen molar-refractivity contribution in [1.29, 1.82) is 0 Å². The van der Waals surface area contributed by atoms with Crippen molar-refractivity contribution in [3.05, 3.63) is 47.1 Å². The van der Waals surface area contributed by atoms with Crippen molar-refractivity contribution in [3.63, 3.8) is 0 Å². The van der Waals surface area contributed by atoms with Gasteiger partial charge in [0, 0.05) is 18.5 Å². The Morgan fingerprint density at radius 3 is 2.64 bits per heavy atom. The molecule has 0 aliphatic rings. The van der Waals surface area contributed by atoms with Gasteiger partial charge in [-0.25, -0.2) is 0 Å². The lowest BCUT2D eigenvalue weighted by molar-refractivity contribution is 0.807. The summed E-state index contributed by atoms with van der Waals surface area (Å²) < 4.78 is 1.26. The number of aromatic nitrogens is 3. The van der Waals surface area contributed by atoms with Crippen LogP contribution in [0.2, 0.25) is 0 Å². The molecule has 0 amide bonds. The van der Waals surface area contributed by atoms with E-state index in [9.17, 15) is 4.79 Å². The third-order valence-electron chi connectivity index (χ3n) is 1.73. The van der Waals surface area contributed by atoms with Crippen LogP contribution in [0.3, 0.4) is 0 Å². The lowest BCUT2D eigenvalue weighted by Crippen LogP contribution is -2.20. The van der Waals surface area contributed by atoms with Crippen LogP contribution in [0.5, 0.6) is 0 Å². The second-order valence-electron chi connectivity index (χ2n) is 2.74.